The number of aliphatic hydroxyl groups excluding tert-OH is 1. The van der Waals surface area contributed by atoms with E-state index in [-0.39, 0.29) is 25.1 Å². The van der Waals surface area contributed by atoms with Gasteiger partial charge in [0.1, 0.15) is 6.04 Å². The highest BCUT2D eigenvalue weighted by Crippen LogP contribution is 2.19. The SMILES string of the molecule is CC1CCCC(C)N1NC(=O)N[C@H](CCO)C(=O)O. The Morgan fingerprint density at radius 3 is 2.37 bits per heavy atom. The molecule has 2 amide bonds. The van der Waals surface area contributed by atoms with Crippen molar-refractivity contribution < 1.29 is 19.8 Å². The maximum atomic E-state index is 11.8. The van der Waals surface area contributed by atoms with Gasteiger partial charge in [-0.05, 0) is 26.7 Å². The summed E-state index contributed by atoms with van der Waals surface area (Å²) in [6.07, 6.45) is 3.13. The van der Waals surface area contributed by atoms with Gasteiger partial charge in [0, 0.05) is 25.1 Å². The van der Waals surface area contributed by atoms with Crippen LogP contribution in [0.4, 0.5) is 4.79 Å². The van der Waals surface area contributed by atoms with E-state index in [9.17, 15) is 9.59 Å². The van der Waals surface area contributed by atoms with Crippen molar-refractivity contribution >= 4 is 12.0 Å². The van der Waals surface area contributed by atoms with Crippen LogP contribution in [0.15, 0.2) is 0 Å². The molecule has 1 saturated heterocycles. The molecule has 7 heteroatoms. The van der Waals surface area contributed by atoms with Crippen LogP contribution in [-0.2, 0) is 4.79 Å². The molecule has 0 aromatic carbocycles. The molecule has 3 atom stereocenters. The van der Waals surface area contributed by atoms with E-state index in [0.717, 1.165) is 19.3 Å². The highest BCUT2D eigenvalue weighted by molar-refractivity contribution is 5.82. The van der Waals surface area contributed by atoms with Gasteiger partial charge in [-0.3, -0.25) is 5.43 Å². The molecule has 0 aromatic rings. The van der Waals surface area contributed by atoms with Gasteiger partial charge in [0.25, 0.3) is 0 Å². The molecule has 0 radical (unpaired) electrons. The molecule has 2 unspecified atom stereocenters. The van der Waals surface area contributed by atoms with Crippen LogP contribution in [0.5, 0.6) is 0 Å². The van der Waals surface area contributed by atoms with Crippen LogP contribution >= 0.6 is 0 Å². The quantitative estimate of drug-likeness (QED) is 0.577. The summed E-state index contributed by atoms with van der Waals surface area (Å²) >= 11 is 0. The molecule has 0 bridgehead atoms. The molecular weight excluding hydrogens is 250 g/mol. The van der Waals surface area contributed by atoms with Gasteiger partial charge in [0.2, 0.25) is 0 Å². The zero-order valence-electron chi connectivity index (χ0n) is 11.4. The fourth-order valence-corrected chi connectivity index (χ4v) is 2.34. The van der Waals surface area contributed by atoms with Crippen LogP contribution in [0.1, 0.15) is 39.5 Å². The summed E-state index contributed by atoms with van der Waals surface area (Å²) in [6, 6.07) is -1.15. The summed E-state index contributed by atoms with van der Waals surface area (Å²) in [7, 11) is 0. The number of rotatable bonds is 5. The van der Waals surface area contributed by atoms with Gasteiger partial charge in [-0.1, -0.05) is 6.42 Å². The fourth-order valence-electron chi connectivity index (χ4n) is 2.34. The van der Waals surface area contributed by atoms with Gasteiger partial charge in [0.15, 0.2) is 0 Å². The highest BCUT2D eigenvalue weighted by atomic mass is 16.4. The van der Waals surface area contributed by atoms with Gasteiger partial charge in [-0.15, -0.1) is 0 Å². The maximum absolute atomic E-state index is 11.8. The van der Waals surface area contributed by atoms with E-state index in [1.165, 1.54) is 0 Å². The lowest BCUT2D eigenvalue weighted by atomic mass is 10.00. The van der Waals surface area contributed by atoms with Crippen LogP contribution in [-0.4, -0.2) is 52.0 Å². The first-order valence-corrected chi connectivity index (χ1v) is 6.64. The minimum absolute atomic E-state index is 0.00609. The third-order valence-corrected chi connectivity index (χ3v) is 3.45. The van der Waals surface area contributed by atoms with E-state index in [4.69, 9.17) is 10.2 Å². The first-order chi connectivity index (χ1) is 8.95. The lowest BCUT2D eigenvalue weighted by molar-refractivity contribution is -0.139. The monoisotopic (exact) mass is 273 g/mol. The number of carboxylic acids is 1. The van der Waals surface area contributed by atoms with Crippen molar-refractivity contribution in [1.82, 2.24) is 15.8 Å². The Bertz CT molecular complexity index is 314. The molecule has 0 aliphatic carbocycles. The van der Waals surface area contributed by atoms with Crippen LogP contribution in [0.3, 0.4) is 0 Å². The Labute approximate surface area is 112 Å². The lowest BCUT2D eigenvalue weighted by Gasteiger charge is -2.38. The number of piperidine rings is 1. The highest BCUT2D eigenvalue weighted by Gasteiger charge is 2.27. The summed E-state index contributed by atoms with van der Waals surface area (Å²) in [4.78, 5) is 22.7. The third-order valence-electron chi connectivity index (χ3n) is 3.45. The summed E-state index contributed by atoms with van der Waals surface area (Å²) in [6.45, 7) is 3.77. The Kier molecular flexibility index (Phi) is 6.04. The van der Waals surface area contributed by atoms with E-state index in [1.54, 1.807) is 0 Å². The van der Waals surface area contributed by atoms with Crippen molar-refractivity contribution in [1.29, 1.82) is 0 Å². The molecule has 1 heterocycles. The van der Waals surface area contributed by atoms with Crippen molar-refractivity contribution in [3.05, 3.63) is 0 Å². The van der Waals surface area contributed by atoms with Crippen molar-refractivity contribution in [2.45, 2.75) is 57.7 Å². The number of hydrazine groups is 1. The zero-order valence-corrected chi connectivity index (χ0v) is 11.4. The number of urea groups is 1. The molecule has 0 aromatic heterocycles. The largest absolute Gasteiger partial charge is 0.480 e. The van der Waals surface area contributed by atoms with Crippen LogP contribution in [0.2, 0.25) is 0 Å². The van der Waals surface area contributed by atoms with Crippen molar-refractivity contribution in [2.24, 2.45) is 0 Å². The van der Waals surface area contributed by atoms with Crippen LogP contribution < -0.4 is 10.7 Å². The maximum Gasteiger partial charge on any atom is 0.330 e. The first kappa shape index (κ1) is 15.7. The number of nitrogens with zero attached hydrogens (tertiary/aromatic N) is 1. The smallest absolute Gasteiger partial charge is 0.330 e. The summed E-state index contributed by atoms with van der Waals surface area (Å²) in [5.41, 5.74) is 2.70. The van der Waals surface area contributed by atoms with Crippen LogP contribution in [0.25, 0.3) is 0 Å². The molecule has 1 fully saturated rings. The Hall–Kier alpha value is -1.34. The summed E-state index contributed by atoms with van der Waals surface area (Å²) in [5.74, 6) is -1.15. The number of carbonyl (C=O) groups excluding carboxylic acids is 1. The second-order valence-electron chi connectivity index (χ2n) is 5.02. The predicted octanol–water partition coefficient (Wildman–Crippen LogP) is 0.299. The van der Waals surface area contributed by atoms with Crippen molar-refractivity contribution in [2.75, 3.05) is 6.61 Å². The Morgan fingerprint density at radius 1 is 1.32 bits per heavy atom. The number of carboxylic acid groups (broad SMARTS) is 1. The van der Waals surface area contributed by atoms with Gasteiger partial charge in [0.05, 0.1) is 0 Å². The molecule has 1 aliphatic rings. The molecule has 7 nitrogen and oxygen atoms in total. The van der Waals surface area contributed by atoms with E-state index in [2.05, 4.69) is 10.7 Å². The number of aliphatic hydroxyl groups is 1. The van der Waals surface area contributed by atoms with Gasteiger partial charge >= 0.3 is 12.0 Å². The normalized spacial score (nSPS) is 25.6. The number of hydrogen-bond donors (Lipinski definition) is 4. The Morgan fingerprint density at radius 2 is 1.89 bits per heavy atom. The van der Waals surface area contributed by atoms with Crippen molar-refractivity contribution in [3.63, 3.8) is 0 Å². The molecule has 1 aliphatic heterocycles. The number of aliphatic carboxylic acids is 1. The molecular formula is C12H23N3O4. The zero-order chi connectivity index (χ0) is 14.4. The fraction of sp³-hybridized carbons (Fsp3) is 0.833. The average molecular weight is 273 g/mol. The van der Waals surface area contributed by atoms with E-state index >= 15 is 0 Å². The van der Waals surface area contributed by atoms with E-state index in [1.807, 2.05) is 18.9 Å². The second-order valence-corrected chi connectivity index (χ2v) is 5.02. The summed E-state index contributed by atoms with van der Waals surface area (Å²) in [5, 5.41) is 21.9. The first-order valence-electron chi connectivity index (χ1n) is 6.64. The molecule has 19 heavy (non-hydrogen) atoms. The Balaban J connectivity index is 2.51. The topological polar surface area (TPSA) is 102 Å². The van der Waals surface area contributed by atoms with Gasteiger partial charge in [-0.2, -0.15) is 0 Å². The number of hydrogen-bond acceptors (Lipinski definition) is 4. The molecule has 110 valence electrons. The molecule has 1 rings (SSSR count). The minimum atomic E-state index is -1.15. The average Bonchev–Trinajstić information content (AvgIpc) is 2.33. The second kappa shape index (κ2) is 7.30. The predicted molar refractivity (Wildman–Crippen MR) is 69.4 cm³/mol. The van der Waals surface area contributed by atoms with E-state index in [0.29, 0.717) is 0 Å². The molecule has 0 spiro atoms. The number of nitrogens with one attached hydrogen (secondary N) is 2. The van der Waals surface area contributed by atoms with Crippen LogP contribution in [0, 0.1) is 0 Å². The van der Waals surface area contributed by atoms with Crippen molar-refractivity contribution in [3.8, 4) is 0 Å². The molecule has 4 N–H and O–H groups in total. The van der Waals surface area contributed by atoms with Gasteiger partial charge in [-0.25, -0.2) is 14.6 Å². The van der Waals surface area contributed by atoms with E-state index < -0.39 is 18.0 Å². The number of carbonyl (C=O) groups is 2. The third kappa shape index (κ3) is 4.68. The van der Waals surface area contributed by atoms with Gasteiger partial charge < -0.3 is 15.5 Å². The number of amides is 2. The standard InChI is InChI=1S/C12H23N3O4/c1-8-4-3-5-9(2)15(8)14-12(19)13-10(6-7-16)11(17)18/h8-10,16H,3-7H2,1-2H3,(H,17,18)(H2,13,14,19)/t8?,9?,10-/m1/s1. The molecule has 0 saturated carbocycles. The summed E-state index contributed by atoms with van der Waals surface area (Å²) < 4.78 is 0. The minimum Gasteiger partial charge on any atom is -0.480 e. The lowest BCUT2D eigenvalue weighted by Crippen LogP contribution is -2.58.